The zero-order valence-corrected chi connectivity index (χ0v) is 12.7. The molecule has 1 aliphatic rings. The number of piperazine rings is 1. The summed E-state index contributed by atoms with van der Waals surface area (Å²) >= 11 is 3.42. The van der Waals surface area contributed by atoms with Crippen LogP contribution in [0.5, 0.6) is 5.75 Å². The number of halogens is 1. The minimum atomic E-state index is 0.218. The lowest BCUT2D eigenvalue weighted by molar-refractivity contribution is 0.133. The molecule has 1 aromatic carbocycles. The van der Waals surface area contributed by atoms with Crippen molar-refractivity contribution >= 4 is 15.9 Å². The Hall–Kier alpha value is -0.580. The van der Waals surface area contributed by atoms with Crippen LogP contribution in [0.4, 0.5) is 0 Å². The molecule has 1 N–H and O–H groups in total. The van der Waals surface area contributed by atoms with E-state index in [1.165, 1.54) is 0 Å². The quantitative estimate of drug-likeness (QED) is 0.924. The molecule has 1 aliphatic heterocycles. The largest absolute Gasteiger partial charge is 0.492 e. The molecule has 1 aromatic rings. The first kappa shape index (κ1) is 13.8. The number of benzene rings is 1. The average Bonchev–Trinajstić information content (AvgIpc) is 2.30. The molecule has 0 unspecified atom stereocenters. The third-order valence-corrected chi connectivity index (χ3v) is 3.67. The summed E-state index contributed by atoms with van der Waals surface area (Å²) in [6.07, 6.45) is 0. The fraction of sp³-hybridized carbons (Fsp3) is 0.571. The first-order valence-corrected chi connectivity index (χ1v) is 7.20. The molecule has 100 valence electrons. The van der Waals surface area contributed by atoms with Gasteiger partial charge in [0.15, 0.2) is 0 Å². The van der Waals surface area contributed by atoms with E-state index in [1.54, 1.807) is 0 Å². The van der Waals surface area contributed by atoms with E-state index in [9.17, 15) is 0 Å². The Labute approximate surface area is 118 Å². The van der Waals surface area contributed by atoms with Crippen molar-refractivity contribution in [1.82, 2.24) is 10.2 Å². The molecular weight excluding hydrogens is 292 g/mol. The lowest BCUT2D eigenvalue weighted by Gasteiger charge is -2.39. The van der Waals surface area contributed by atoms with Crippen LogP contribution >= 0.6 is 15.9 Å². The molecule has 0 amide bonds. The van der Waals surface area contributed by atoms with Crippen LogP contribution in [0.15, 0.2) is 28.7 Å². The van der Waals surface area contributed by atoms with Gasteiger partial charge in [-0.05, 0) is 38.1 Å². The van der Waals surface area contributed by atoms with Crippen LogP contribution in [0, 0.1) is 0 Å². The number of nitrogens with zero attached hydrogens (tertiary/aromatic N) is 1. The van der Waals surface area contributed by atoms with Gasteiger partial charge in [0.25, 0.3) is 0 Å². The van der Waals surface area contributed by atoms with E-state index in [-0.39, 0.29) is 5.54 Å². The zero-order chi connectivity index (χ0) is 13.0. The fourth-order valence-corrected chi connectivity index (χ4v) is 2.52. The van der Waals surface area contributed by atoms with E-state index >= 15 is 0 Å². The molecular formula is C14H21BrN2O. The molecule has 0 aliphatic carbocycles. The number of ether oxygens (including phenoxy) is 1. The highest BCUT2D eigenvalue weighted by molar-refractivity contribution is 9.10. The van der Waals surface area contributed by atoms with E-state index in [4.69, 9.17) is 4.74 Å². The highest BCUT2D eigenvalue weighted by Gasteiger charge is 2.25. The molecule has 0 bridgehead atoms. The summed E-state index contributed by atoms with van der Waals surface area (Å²) in [5.74, 6) is 0.938. The van der Waals surface area contributed by atoms with Crippen molar-refractivity contribution in [2.24, 2.45) is 0 Å². The molecule has 0 saturated carbocycles. The third-order valence-electron chi connectivity index (χ3n) is 3.14. The van der Waals surface area contributed by atoms with Crippen LogP contribution in [-0.4, -0.2) is 43.2 Å². The van der Waals surface area contributed by atoms with Gasteiger partial charge in [-0.15, -0.1) is 0 Å². The van der Waals surface area contributed by atoms with Gasteiger partial charge in [0.1, 0.15) is 12.4 Å². The van der Waals surface area contributed by atoms with E-state index in [0.29, 0.717) is 0 Å². The minimum Gasteiger partial charge on any atom is -0.492 e. The Balaban J connectivity index is 1.73. The van der Waals surface area contributed by atoms with Crippen molar-refractivity contribution in [3.8, 4) is 5.75 Å². The van der Waals surface area contributed by atoms with Crippen molar-refractivity contribution in [2.75, 3.05) is 32.8 Å². The maximum absolute atomic E-state index is 5.75. The van der Waals surface area contributed by atoms with Crippen molar-refractivity contribution in [3.05, 3.63) is 28.7 Å². The maximum atomic E-state index is 5.75. The fourth-order valence-electron chi connectivity index (χ4n) is 2.26. The van der Waals surface area contributed by atoms with Crippen molar-refractivity contribution in [1.29, 1.82) is 0 Å². The molecule has 0 radical (unpaired) electrons. The summed E-state index contributed by atoms with van der Waals surface area (Å²) in [4.78, 5) is 2.45. The maximum Gasteiger partial charge on any atom is 0.119 e. The Bertz CT molecular complexity index is 378. The standard InChI is InChI=1S/C14H21BrN2O/c1-14(2)11-17(8-7-16-14)9-10-18-13-5-3-12(15)4-6-13/h3-6,16H,7-11H2,1-2H3. The van der Waals surface area contributed by atoms with E-state index < -0.39 is 0 Å². The summed E-state index contributed by atoms with van der Waals surface area (Å²) in [7, 11) is 0. The molecule has 0 spiro atoms. The second kappa shape index (κ2) is 6.04. The number of rotatable bonds is 4. The van der Waals surface area contributed by atoms with Crippen molar-refractivity contribution in [3.63, 3.8) is 0 Å². The van der Waals surface area contributed by atoms with E-state index in [2.05, 4.69) is 40.0 Å². The van der Waals surface area contributed by atoms with Gasteiger partial charge in [0, 0.05) is 36.2 Å². The molecule has 1 fully saturated rings. The number of nitrogens with one attached hydrogen (secondary N) is 1. The first-order chi connectivity index (χ1) is 8.55. The summed E-state index contributed by atoms with van der Waals surface area (Å²) in [6.45, 7) is 9.47. The Kier molecular flexibility index (Phi) is 4.65. The number of hydrogen-bond acceptors (Lipinski definition) is 3. The Morgan fingerprint density at radius 2 is 2.06 bits per heavy atom. The predicted molar refractivity (Wildman–Crippen MR) is 78.2 cm³/mol. The molecule has 3 nitrogen and oxygen atoms in total. The lowest BCUT2D eigenvalue weighted by atomic mass is 10.0. The first-order valence-electron chi connectivity index (χ1n) is 6.41. The minimum absolute atomic E-state index is 0.218. The molecule has 2 rings (SSSR count). The Morgan fingerprint density at radius 3 is 2.72 bits per heavy atom. The van der Waals surface area contributed by atoms with Gasteiger partial charge >= 0.3 is 0 Å². The molecule has 0 atom stereocenters. The Morgan fingerprint density at radius 1 is 1.33 bits per heavy atom. The van der Waals surface area contributed by atoms with E-state index in [0.717, 1.165) is 43.0 Å². The van der Waals surface area contributed by atoms with Gasteiger partial charge in [-0.1, -0.05) is 15.9 Å². The highest BCUT2D eigenvalue weighted by Crippen LogP contribution is 2.16. The molecule has 0 aromatic heterocycles. The smallest absolute Gasteiger partial charge is 0.119 e. The SMILES string of the molecule is CC1(C)CN(CCOc2ccc(Br)cc2)CCN1. The van der Waals surface area contributed by atoms with Crippen LogP contribution in [-0.2, 0) is 0 Å². The van der Waals surface area contributed by atoms with E-state index in [1.807, 2.05) is 24.3 Å². The summed E-state index contributed by atoms with van der Waals surface area (Å²) in [6, 6.07) is 7.99. The van der Waals surface area contributed by atoms with Crippen LogP contribution in [0.3, 0.4) is 0 Å². The summed E-state index contributed by atoms with van der Waals surface area (Å²) in [5.41, 5.74) is 0.218. The van der Waals surface area contributed by atoms with Gasteiger partial charge in [-0.25, -0.2) is 0 Å². The predicted octanol–water partition coefficient (Wildman–Crippen LogP) is 2.51. The molecule has 1 heterocycles. The number of hydrogen-bond donors (Lipinski definition) is 1. The van der Waals surface area contributed by atoms with Gasteiger partial charge in [-0.2, -0.15) is 0 Å². The topological polar surface area (TPSA) is 24.5 Å². The summed E-state index contributed by atoms with van der Waals surface area (Å²) < 4.78 is 6.83. The van der Waals surface area contributed by atoms with Crippen LogP contribution in [0.1, 0.15) is 13.8 Å². The van der Waals surface area contributed by atoms with Gasteiger partial charge in [0.05, 0.1) is 0 Å². The lowest BCUT2D eigenvalue weighted by Crippen LogP contribution is -2.57. The second-order valence-corrected chi connectivity index (χ2v) is 6.30. The van der Waals surface area contributed by atoms with Crippen molar-refractivity contribution in [2.45, 2.75) is 19.4 Å². The molecule has 18 heavy (non-hydrogen) atoms. The summed E-state index contributed by atoms with van der Waals surface area (Å²) in [5, 5.41) is 3.51. The average molecular weight is 313 g/mol. The zero-order valence-electron chi connectivity index (χ0n) is 11.1. The van der Waals surface area contributed by atoms with Crippen LogP contribution in [0.2, 0.25) is 0 Å². The highest BCUT2D eigenvalue weighted by atomic mass is 79.9. The van der Waals surface area contributed by atoms with Crippen LogP contribution < -0.4 is 10.1 Å². The third kappa shape index (κ3) is 4.26. The molecule has 4 heteroatoms. The second-order valence-electron chi connectivity index (χ2n) is 5.39. The van der Waals surface area contributed by atoms with Gasteiger partial charge in [0.2, 0.25) is 0 Å². The van der Waals surface area contributed by atoms with Gasteiger partial charge < -0.3 is 10.1 Å². The molecule has 1 saturated heterocycles. The monoisotopic (exact) mass is 312 g/mol. The van der Waals surface area contributed by atoms with Crippen LogP contribution in [0.25, 0.3) is 0 Å². The van der Waals surface area contributed by atoms with Crippen molar-refractivity contribution < 1.29 is 4.74 Å². The normalized spacial score (nSPS) is 19.7. The van der Waals surface area contributed by atoms with Gasteiger partial charge in [-0.3, -0.25) is 4.90 Å².